The molecule has 1 aliphatic rings. The van der Waals surface area contributed by atoms with Gasteiger partial charge in [0.25, 0.3) is 16.8 Å². The number of benzene rings is 3. The predicted octanol–water partition coefficient (Wildman–Crippen LogP) is 5.36. The molecule has 2 amide bonds. The molecule has 9 nitrogen and oxygen atoms in total. The molecule has 0 saturated carbocycles. The van der Waals surface area contributed by atoms with Crippen LogP contribution in [0.1, 0.15) is 11.1 Å². The van der Waals surface area contributed by atoms with E-state index < -0.39 is 26.2 Å². The fraction of sp³-hybridized carbons (Fsp3) is 0.0435. The van der Waals surface area contributed by atoms with Gasteiger partial charge in [0.1, 0.15) is 10.6 Å². The number of halogens is 1. The number of nitrogens with zero attached hydrogens (tertiary/aromatic N) is 2. The number of nitro groups is 1. The van der Waals surface area contributed by atoms with Gasteiger partial charge < -0.3 is 4.18 Å². The summed E-state index contributed by atoms with van der Waals surface area (Å²) in [4.78, 5) is 36.5. The molecular weight excluding hydrogens is 560 g/mol. The minimum Gasteiger partial charge on any atom is -0.379 e. The van der Waals surface area contributed by atoms with Gasteiger partial charge in [0.05, 0.1) is 16.4 Å². The number of hydrogen-bond acceptors (Lipinski definition) is 8. The Morgan fingerprint density at radius 2 is 1.77 bits per heavy atom. The summed E-state index contributed by atoms with van der Waals surface area (Å²) in [6, 6.07) is 17.7. The molecule has 0 atom stereocenters. The van der Waals surface area contributed by atoms with Gasteiger partial charge in [0.15, 0.2) is 0 Å². The maximum Gasteiger partial charge on any atom is 0.339 e. The molecule has 178 valence electrons. The topological polar surface area (TPSA) is 124 Å². The van der Waals surface area contributed by atoms with E-state index in [0.29, 0.717) is 5.56 Å². The second-order valence-corrected chi connectivity index (χ2v) is 10.6. The van der Waals surface area contributed by atoms with E-state index in [0.717, 1.165) is 32.8 Å². The molecule has 12 heteroatoms. The number of carbonyl (C=O) groups excluding carboxylic acids is 2. The quantitative estimate of drug-likeness (QED) is 0.160. The summed E-state index contributed by atoms with van der Waals surface area (Å²) in [5.41, 5.74) is 0.822. The lowest BCUT2D eigenvalue weighted by molar-refractivity contribution is -0.385. The molecule has 3 aromatic carbocycles. The summed E-state index contributed by atoms with van der Waals surface area (Å²) >= 11 is 4.19. The molecule has 1 aliphatic heterocycles. The highest BCUT2D eigenvalue weighted by Crippen LogP contribution is 2.34. The van der Waals surface area contributed by atoms with E-state index in [1.165, 1.54) is 42.5 Å². The van der Waals surface area contributed by atoms with Gasteiger partial charge in [-0.15, -0.1) is 0 Å². The van der Waals surface area contributed by atoms with Crippen LogP contribution in [-0.4, -0.2) is 29.4 Å². The molecule has 3 aromatic rings. The lowest BCUT2D eigenvalue weighted by Gasteiger charge is -2.13. The van der Waals surface area contributed by atoms with Crippen LogP contribution in [0.2, 0.25) is 0 Å². The number of amides is 2. The maximum absolute atomic E-state index is 12.8. The lowest BCUT2D eigenvalue weighted by Crippen LogP contribution is -2.27. The van der Waals surface area contributed by atoms with Crippen LogP contribution in [0.15, 0.2) is 87.1 Å². The van der Waals surface area contributed by atoms with E-state index in [1.807, 2.05) is 18.2 Å². The molecule has 0 bridgehead atoms. The number of thioether (sulfide) groups is 1. The van der Waals surface area contributed by atoms with Crippen molar-refractivity contribution in [3.63, 3.8) is 0 Å². The van der Waals surface area contributed by atoms with Gasteiger partial charge >= 0.3 is 10.1 Å². The highest BCUT2D eigenvalue weighted by molar-refractivity contribution is 9.10. The normalized spacial score (nSPS) is 15.0. The Kier molecular flexibility index (Phi) is 7.05. The van der Waals surface area contributed by atoms with Crippen molar-refractivity contribution in [3.05, 3.63) is 103 Å². The Morgan fingerprint density at radius 1 is 1.03 bits per heavy atom. The summed E-state index contributed by atoms with van der Waals surface area (Å²) in [6.45, 7) is 0.105. The molecule has 1 saturated heterocycles. The Morgan fingerprint density at radius 3 is 2.51 bits per heavy atom. The summed E-state index contributed by atoms with van der Waals surface area (Å²) in [7, 11) is -4.34. The molecule has 0 aromatic heterocycles. The number of non-ortho nitro benzene ring substituents is 1. The first-order chi connectivity index (χ1) is 16.6. The summed E-state index contributed by atoms with van der Waals surface area (Å²) < 4.78 is 31.1. The van der Waals surface area contributed by atoms with Crippen LogP contribution >= 0.6 is 27.7 Å². The minimum absolute atomic E-state index is 0.0577. The van der Waals surface area contributed by atoms with Crippen molar-refractivity contribution in [1.82, 2.24) is 4.90 Å². The number of hydrogen-bond donors (Lipinski definition) is 0. The molecule has 1 fully saturated rings. The van der Waals surface area contributed by atoms with E-state index in [9.17, 15) is 28.1 Å². The molecule has 0 spiro atoms. The second kappa shape index (κ2) is 10.0. The summed E-state index contributed by atoms with van der Waals surface area (Å²) in [5.74, 6) is -0.524. The number of nitro benzene ring substituents is 1. The highest BCUT2D eigenvalue weighted by atomic mass is 79.9. The monoisotopic (exact) mass is 574 g/mol. The van der Waals surface area contributed by atoms with E-state index in [-0.39, 0.29) is 27.8 Å². The van der Waals surface area contributed by atoms with Crippen molar-refractivity contribution in [2.45, 2.75) is 11.4 Å². The first-order valence-corrected chi connectivity index (χ1v) is 12.9. The van der Waals surface area contributed by atoms with Crippen molar-refractivity contribution < 1.29 is 27.1 Å². The third kappa shape index (κ3) is 5.61. The van der Waals surface area contributed by atoms with Crippen molar-refractivity contribution in [2.75, 3.05) is 0 Å². The molecule has 4 rings (SSSR count). The Balaban J connectivity index is 1.54. The van der Waals surface area contributed by atoms with Crippen molar-refractivity contribution in [2.24, 2.45) is 0 Å². The van der Waals surface area contributed by atoms with Gasteiger partial charge in [-0.05, 0) is 53.2 Å². The van der Waals surface area contributed by atoms with E-state index in [1.54, 1.807) is 12.1 Å². The number of rotatable bonds is 7. The average Bonchev–Trinajstić information content (AvgIpc) is 3.07. The average molecular weight is 575 g/mol. The summed E-state index contributed by atoms with van der Waals surface area (Å²) in [5, 5.41) is 10.5. The van der Waals surface area contributed by atoms with Crippen LogP contribution in [0.4, 0.5) is 10.5 Å². The van der Waals surface area contributed by atoms with Crippen LogP contribution in [0.25, 0.3) is 6.08 Å². The molecule has 0 radical (unpaired) electrons. The Labute approximate surface area is 212 Å². The number of imide groups is 1. The fourth-order valence-electron chi connectivity index (χ4n) is 3.17. The van der Waals surface area contributed by atoms with Crippen LogP contribution in [0, 0.1) is 10.1 Å². The molecule has 0 aliphatic carbocycles. The molecule has 0 unspecified atom stereocenters. The standard InChI is InChI=1S/C23H15BrN2O7S2/c24-20-10-2-1-6-16(20)14-25-22(27)21(34-23(25)28)12-15-5-3-8-18(11-15)33-35(31,32)19-9-4-7-17(13-19)26(29)30/h1-13H,14H2/b21-12-. The zero-order valence-corrected chi connectivity index (χ0v) is 20.9. The summed E-state index contributed by atoms with van der Waals surface area (Å²) in [6.07, 6.45) is 1.47. The first kappa shape index (κ1) is 24.6. The van der Waals surface area contributed by atoms with Gasteiger partial charge in [-0.3, -0.25) is 24.6 Å². The van der Waals surface area contributed by atoms with Crippen molar-refractivity contribution >= 4 is 60.7 Å². The van der Waals surface area contributed by atoms with Crippen molar-refractivity contribution in [1.29, 1.82) is 0 Å². The number of carbonyl (C=O) groups is 2. The van der Waals surface area contributed by atoms with E-state index >= 15 is 0 Å². The zero-order valence-electron chi connectivity index (χ0n) is 17.7. The van der Waals surface area contributed by atoms with Crippen molar-refractivity contribution in [3.8, 4) is 5.75 Å². The smallest absolute Gasteiger partial charge is 0.339 e. The highest BCUT2D eigenvalue weighted by Gasteiger charge is 2.35. The molecule has 0 N–H and O–H groups in total. The van der Waals surface area contributed by atoms with Gasteiger partial charge in [0.2, 0.25) is 0 Å². The second-order valence-electron chi connectivity index (χ2n) is 7.22. The third-order valence-electron chi connectivity index (χ3n) is 4.84. The largest absolute Gasteiger partial charge is 0.379 e. The Hall–Kier alpha value is -3.48. The maximum atomic E-state index is 12.8. The van der Waals surface area contributed by atoms with Crippen LogP contribution in [0.3, 0.4) is 0 Å². The van der Waals surface area contributed by atoms with Crippen LogP contribution in [0.5, 0.6) is 5.75 Å². The SMILES string of the molecule is O=C1S/C(=C\c2cccc(OS(=O)(=O)c3cccc([N+](=O)[O-])c3)c2)C(=O)N1Cc1ccccc1Br. The minimum atomic E-state index is -4.34. The van der Waals surface area contributed by atoms with Gasteiger partial charge in [-0.2, -0.15) is 8.42 Å². The zero-order chi connectivity index (χ0) is 25.2. The van der Waals surface area contributed by atoms with Gasteiger partial charge in [-0.25, -0.2) is 0 Å². The van der Waals surface area contributed by atoms with E-state index in [4.69, 9.17) is 4.18 Å². The van der Waals surface area contributed by atoms with Gasteiger partial charge in [-0.1, -0.05) is 52.3 Å². The van der Waals surface area contributed by atoms with E-state index in [2.05, 4.69) is 15.9 Å². The van der Waals surface area contributed by atoms with Crippen LogP contribution in [-0.2, 0) is 21.5 Å². The third-order valence-corrected chi connectivity index (χ3v) is 7.76. The van der Waals surface area contributed by atoms with Gasteiger partial charge in [0, 0.05) is 16.6 Å². The molecule has 35 heavy (non-hydrogen) atoms. The lowest BCUT2D eigenvalue weighted by atomic mass is 10.2. The molecular formula is C23H15BrN2O7S2. The molecule has 1 heterocycles. The Bertz CT molecular complexity index is 1490. The fourth-order valence-corrected chi connectivity index (χ4v) is 5.38. The first-order valence-electron chi connectivity index (χ1n) is 9.92. The van der Waals surface area contributed by atoms with Crippen LogP contribution < -0.4 is 4.18 Å². The predicted molar refractivity (Wildman–Crippen MR) is 133 cm³/mol.